The number of nitrogens with zero attached hydrogens (tertiary/aromatic N) is 2. The molecule has 0 aromatic heterocycles. The van der Waals surface area contributed by atoms with Gasteiger partial charge < -0.3 is 10.2 Å². The molecule has 0 aromatic carbocycles. The molecule has 1 saturated carbocycles. The van der Waals surface area contributed by atoms with E-state index in [1.165, 1.54) is 32.1 Å². The first-order chi connectivity index (χ1) is 10.2. The van der Waals surface area contributed by atoms with Gasteiger partial charge in [-0.3, -0.25) is 9.69 Å². The zero-order valence-corrected chi connectivity index (χ0v) is 16.0. The van der Waals surface area contributed by atoms with Gasteiger partial charge in [-0.1, -0.05) is 13.3 Å². The maximum absolute atomic E-state index is 12.5. The minimum absolute atomic E-state index is 0. The molecular weight excluding hydrogens is 333 g/mol. The van der Waals surface area contributed by atoms with Gasteiger partial charge in [-0.25, -0.2) is 0 Å². The van der Waals surface area contributed by atoms with Crippen LogP contribution in [-0.4, -0.2) is 61.0 Å². The summed E-state index contributed by atoms with van der Waals surface area (Å²) in [5.74, 6) is 1.61. The van der Waals surface area contributed by atoms with Gasteiger partial charge >= 0.3 is 0 Å². The fourth-order valence-corrected chi connectivity index (χ4v) is 4.02. The highest BCUT2D eigenvalue weighted by molar-refractivity contribution is 5.85. The van der Waals surface area contributed by atoms with Crippen LogP contribution in [0.1, 0.15) is 45.4 Å². The summed E-state index contributed by atoms with van der Waals surface area (Å²) in [6.45, 7) is 8.60. The number of amides is 1. The molecule has 3 aliphatic rings. The third kappa shape index (κ3) is 5.48. The van der Waals surface area contributed by atoms with Crippen molar-refractivity contribution in [2.24, 2.45) is 11.8 Å². The minimum Gasteiger partial charge on any atom is -0.340 e. The van der Waals surface area contributed by atoms with Gasteiger partial charge in [0, 0.05) is 38.6 Å². The van der Waals surface area contributed by atoms with Crippen LogP contribution in [0.15, 0.2) is 0 Å². The van der Waals surface area contributed by atoms with Gasteiger partial charge in [-0.05, 0) is 50.6 Å². The summed E-state index contributed by atoms with van der Waals surface area (Å²) < 4.78 is 0. The summed E-state index contributed by atoms with van der Waals surface area (Å²) in [6, 6.07) is 0.828. The smallest absolute Gasteiger partial charge is 0.222 e. The molecule has 2 unspecified atom stereocenters. The van der Waals surface area contributed by atoms with Gasteiger partial charge in [-0.2, -0.15) is 0 Å². The number of rotatable bonds is 4. The van der Waals surface area contributed by atoms with E-state index in [0.29, 0.717) is 17.7 Å². The van der Waals surface area contributed by atoms with E-state index < -0.39 is 0 Å². The summed E-state index contributed by atoms with van der Waals surface area (Å²) in [7, 11) is 0. The Morgan fingerprint density at radius 1 is 1.09 bits per heavy atom. The van der Waals surface area contributed by atoms with Crippen LogP contribution in [0.3, 0.4) is 0 Å². The summed E-state index contributed by atoms with van der Waals surface area (Å²) >= 11 is 0. The Hall–Kier alpha value is -0.0300. The number of piperidine rings is 1. The van der Waals surface area contributed by atoms with Crippen LogP contribution in [0, 0.1) is 11.8 Å². The normalized spacial score (nSPS) is 27.3. The lowest BCUT2D eigenvalue weighted by molar-refractivity contribution is -0.134. The first-order valence-electron chi connectivity index (χ1n) is 8.96. The van der Waals surface area contributed by atoms with Crippen molar-refractivity contribution in [3.63, 3.8) is 0 Å². The van der Waals surface area contributed by atoms with Crippen LogP contribution >= 0.6 is 24.8 Å². The van der Waals surface area contributed by atoms with Crippen LogP contribution in [0.4, 0.5) is 0 Å². The largest absolute Gasteiger partial charge is 0.340 e. The Bertz CT molecular complexity index is 352. The highest BCUT2D eigenvalue weighted by Crippen LogP contribution is 2.26. The molecular formula is C17H33Cl2N3O. The van der Waals surface area contributed by atoms with E-state index in [9.17, 15) is 4.79 Å². The average Bonchev–Trinajstić information content (AvgIpc) is 2.47. The van der Waals surface area contributed by atoms with E-state index in [1.54, 1.807) is 0 Å². The first-order valence-corrected chi connectivity index (χ1v) is 8.96. The number of piperazine rings is 1. The van der Waals surface area contributed by atoms with Gasteiger partial charge in [0.05, 0.1) is 0 Å². The van der Waals surface area contributed by atoms with Crippen molar-refractivity contribution >= 4 is 30.7 Å². The fourth-order valence-electron chi connectivity index (χ4n) is 4.02. The number of carbonyl (C=O) groups excluding carboxylic acids is 1. The Kier molecular flexibility index (Phi) is 9.20. The van der Waals surface area contributed by atoms with E-state index >= 15 is 0 Å². The molecule has 0 aromatic rings. The maximum atomic E-state index is 12.5. The lowest BCUT2D eigenvalue weighted by Gasteiger charge is -2.43. The topological polar surface area (TPSA) is 35.6 Å². The molecule has 0 spiro atoms. The molecule has 3 fully saturated rings. The molecule has 2 saturated heterocycles. The second-order valence-corrected chi connectivity index (χ2v) is 7.29. The number of hydrogen-bond donors (Lipinski definition) is 1. The molecule has 2 heterocycles. The van der Waals surface area contributed by atoms with Gasteiger partial charge in [0.2, 0.25) is 5.91 Å². The van der Waals surface area contributed by atoms with Gasteiger partial charge in [-0.15, -0.1) is 24.8 Å². The molecule has 0 bridgehead atoms. The van der Waals surface area contributed by atoms with E-state index in [2.05, 4.69) is 22.0 Å². The van der Waals surface area contributed by atoms with Crippen molar-refractivity contribution in [1.29, 1.82) is 0 Å². The Morgan fingerprint density at radius 2 is 1.78 bits per heavy atom. The number of nitrogens with one attached hydrogen (secondary N) is 1. The average molecular weight is 366 g/mol. The molecule has 4 nitrogen and oxygen atoms in total. The van der Waals surface area contributed by atoms with Crippen LogP contribution in [-0.2, 0) is 4.79 Å². The second kappa shape index (κ2) is 10.1. The molecule has 136 valence electrons. The summed E-state index contributed by atoms with van der Waals surface area (Å²) in [4.78, 5) is 17.2. The molecule has 6 heteroatoms. The van der Waals surface area contributed by atoms with E-state index in [0.717, 1.165) is 51.7 Å². The van der Waals surface area contributed by atoms with Crippen LogP contribution in [0.5, 0.6) is 0 Å². The van der Waals surface area contributed by atoms with Crippen molar-refractivity contribution in [1.82, 2.24) is 15.1 Å². The summed E-state index contributed by atoms with van der Waals surface area (Å²) in [5, 5.41) is 3.47. The third-order valence-corrected chi connectivity index (χ3v) is 5.89. The lowest BCUT2D eigenvalue weighted by Crippen LogP contribution is -2.53. The zero-order chi connectivity index (χ0) is 14.7. The standard InChI is InChI=1S/C17H31N3O.2ClH/c1-14(15-4-3-7-18-13-15)12-17(21)20-10-8-19(9-11-20)16-5-2-6-16;;/h14-16,18H,2-13H2,1H3;2*1H. The number of halogens is 2. The predicted molar refractivity (Wildman–Crippen MR) is 99.7 cm³/mol. The molecule has 1 N–H and O–H groups in total. The first kappa shape index (κ1) is 21.0. The van der Waals surface area contributed by atoms with E-state index in [4.69, 9.17) is 0 Å². The van der Waals surface area contributed by atoms with E-state index in [1.807, 2.05) is 0 Å². The van der Waals surface area contributed by atoms with Crippen molar-refractivity contribution in [2.45, 2.75) is 51.5 Å². The highest BCUT2D eigenvalue weighted by atomic mass is 35.5. The lowest BCUT2D eigenvalue weighted by atomic mass is 9.85. The van der Waals surface area contributed by atoms with Crippen molar-refractivity contribution in [3.8, 4) is 0 Å². The Morgan fingerprint density at radius 3 is 2.30 bits per heavy atom. The quantitative estimate of drug-likeness (QED) is 0.831. The number of carbonyl (C=O) groups is 1. The van der Waals surface area contributed by atoms with Crippen LogP contribution < -0.4 is 5.32 Å². The van der Waals surface area contributed by atoms with Crippen LogP contribution in [0.2, 0.25) is 0 Å². The maximum Gasteiger partial charge on any atom is 0.222 e. The summed E-state index contributed by atoms with van der Waals surface area (Å²) in [5.41, 5.74) is 0. The molecule has 1 aliphatic carbocycles. The zero-order valence-electron chi connectivity index (χ0n) is 14.3. The Labute approximate surface area is 153 Å². The fraction of sp³-hybridized carbons (Fsp3) is 0.941. The third-order valence-electron chi connectivity index (χ3n) is 5.89. The molecule has 23 heavy (non-hydrogen) atoms. The highest BCUT2D eigenvalue weighted by Gasteiger charge is 2.30. The van der Waals surface area contributed by atoms with Gasteiger partial charge in [0.15, 0.2) is 0 Å². The molecule has 0 radical (unpaired) electrons. The monoisotopic (exact) mass is 365 g/mol. The molecule has 2 aliphatic heterocycles. The second-order valence-electron chi connectivity index (χ2n) is 7.29. The molecule has 2 atom stereocenters. The molecule has 3 rings (SSSR count). The predicted octanol–water partition coefficient (Wildman–Crippen LogP) is 2.55. The minimum atomic E-state index is 0. The summed E-state index contributed by atoms with van der Waals surface area (Å²) in [6.07, 6.45) is 7.45. The van der Waals surface area contributed by atoms with Gasteiger partial charge in [0.25, 0.3) is 0 Å². The van der Waals surface area contributed by atoms with Gasteiger partial charge in [0.1, 0.15) is 0 Å². The molecule has 1 amide bonds. The SMILES string of the molecule is CC(CC(=O)N1CCN(C2CCC2)CC1)C1CCCNC1.Cl.Cl. The van der Waals surface area contributed by atoms with Crippen LogP contribution in [0.25, 0.3) is 0 Å². The Balaban J connectivity index is 0.00000132. The van der Waals surface area contributed by atoms with E-state index in [-0.39, 0.29) is 24.8 Å². The van der Waals surface area contributed by atoms with Crippen molar-refractivity contribution in [2.75, 3.05) is 39.3 Å². The van der Waals surface area contributed by atoms with Crippen molar-refractivity contribution in [3.05, 3.63) is 0 Å². The number of hydrogen-bond acceptors (Lipinski definition) is 3. The van der Waals surface area contributed by atoms with Crippen molar-refractivity contribution < 1.29 is 4.79 Å².